The number of likely N-dealkylation sites (tertiary alicyclic amines) is 1. The van der Waals surface area contributed by atoms with Crippen LogP contribution in [0.2, 0.25) is 0 Å². The number of carbonyl (C=O) groups excluding carboxylic acids is 2. The molecule has 0 spiro atoms. The van der Waals surface area contributed by atoms with Crippen LogP contribution in [0.25, 0.3) is 0 Å². The number of hydrogen-bond acceptors (Lipinski definition) is 4. The smallest absolute Gasteiger partial charge is 0.305 e. The fraction of sp³-hybridized carbons (Fsp3) is 0.579. The van der Waals surface area contributed by atoms with Crippen molar-refractivity contribution in [2.75, 3.05) is 19.7 Å². The molecule has 126 valence electrons. The number of rotatable bonds is 10. The molecule has 0 radical (unpaired) electrons. The van der Waals surface area contributed by atoms with Crippen LogP contribution in [-0.2, 0) is 16.1 Å². The maximum atomic E-state index is 12.1. The summed E-state index contributed by atoms with van der Waals surface area (Å²) in [5.74, 6) is 0.0493. The maximum absolute atomic E-state index is 12.1. The summed E-state index contributed by atoms with van der Waals surface area (Å²) < 4.78 is 4.88. The summed E-state index contributed by atoms with van der Waals surface area (Å²) in [7, 11) is 0. The van der Waals surface area contributed by atoms with Gasteiger partial charge in [0.15, 0.2) is 5.78 Å². The highest BCUT2D eigenvalue weighted by Gasteiger charge is 2.14. The topological polar surface area (TPSA) is 46.6 Å². The van der Waals surface area contributed by atoms with Gasteiger partial charge in [-0.05, 0) is 44.8 Å². The molecule has 0 aliphatic carbocycles. The standard InChI is InChI=1S/C19H27NO3/c1-2-23-19(22)8-5-3-4-7-18(21)17-11-9-16(10-12-17)15-20-13-6-14-20/h9-12H,2-8,13-15H2,1H3. The summed E-state index contributed by atoms with van der Waals surface area (Å²) in [5, 5.41) is 0. The Morgan fingerprint density at radius 1 is 1.04 bits per heavy atom. The van der Waals surface area contributed by atoms with Gasteiger partial charge in [-0.25, -0.2) is 0 Å². The summed E-state index contributed by atoms with van der Waals surface area (Å²) in [6, 6.07) is 8.00. The van der Waals surface area contributed by atoms with Gasteiger partial charge in [0, 0.05) is 24.9 Å². The van der Waals surface area contributed by atoms with Crippen molar-refractivity contribution < 1.29 is 14.3 Å². The number of nitrogens with zero attached hydrogens (tertiary/aromatic N) is 1. The average molecular weight is 317 g/mol. The van der Waals surface area contributed by atoms with Gasteiger partial charge in [-0.1, -0.05) is 30.7 Å². The Morgan fingerprint density at radius 2 is 1.74 bits per heavy atom. The van der Waals surface area contributed by atoms with E-state index in [1.165, 1.54) is 25.1 Å². The predicted molar refractivity (Wildman–Crippen MR) is 90.4 cm³/mol. The van der Waals surface area contributed by atoms with Gasteiger partial charge in [-0.15, -0.1) is 0 Å². The van der Waals surface area contributed by atoms with E-state index in [2.05, 4.69) is 17.0 Å². The molecule has 1 aliphatic heterocycles. The van der Waals surface area contributed by atoms with E-state index >= 15 is 0 Å². The molecule has 0 amide bonds. The number of esters is 1. The average Bonchev–Trinajstić information content (AvgIpc) is 2.51. The molecule has 0 saturated carbocycles. The molecular weight excluding hydrogens is 290 g/mol. The Kier molecular flexibility index (Phi) is 7.27. The number of ether oxygens (including phenoxy) is 1. The molecule has 1 saturated heterocycles. The van der Waals surface area contributed by atoms with Gasteiger partial charge in [0.2, 0.25) is 0 Å². The number of unbranched alkanes of at least 4 members (excludes halogenated alkanes) is 2. The first kappa shape index (κ1) is 17.7. The van der Waals surface area contributed by atoms with Crippen LogP contribution in [0, 0.1) is 0 Å². The van der Waals surface area contributed by atoms with E-state index in [0.29, 0.717) is 19.4 Å². The zero-order chi connectivity index (χ0) is 16.5. The van der Waals surface area contributed by atoms with Gasteiger partial charge >= 0.3 is 5.97 Å². The molecule has 0 aromatic heterocycles. The number of carbonyl (C=O) groups is 2. The molecule has 0 N–H and O–H groups in total. The Labute approximate surface area is 138 Å². The van der Waals surface area contributed by atoms with Gasteiger partial charge in [-0.2, -0.15) is 0 Å². The van der Waals surface area contributed by atoms with E-state index < -0.39 is 0 Å². The summed E-state index contributed by atoms with van der Waals surface area (Å²) >= 11 is 0. The minimum atomic E-state index is -0.142. The monoisotopic (exact) mass is 317 g/mol. The molecule has 0 bridgehead atoms. The van der Waals surface area contributed by atoms with Gasteiger partial charge < -0.3 is 4.74 Å². The fourth-order valence-corrected chi connectivity index (χ4v) is 2.70. The van der Waals surface area contributed by atoms with Gasteiger partial charge in [0.1, 0.15) is 0 Å². The van der Waals surface area contributed by atoms with Crippen LogP contribution in [0.4, 0.5) is 0 Å². The van der Waals surface area contributed by atoms with Crippen LogP contribution in [0.1, 0.15) is 61.4 Å². The van der Waals surface area contributed by atoms with E-state index in [1.807, 2.05) is 19.1 Å². The summed E-state index contributed by atoms with van der Waals surface area (Å²) in [6.45, 7) is 5.61. The lowest BCUT2D eigenvalue weighted by molar-refractivity contribution is -0.143. The SMILES string of the molecule is CCOC(=O)CCCCCC(=O)c1ccc(CN2CCC2)cc1. The Bertz CT molecular complexity index is 506. The minimum absolute atomic E-state index is 0.142. The highest BCUT2D eigenvalue weighted by atomic mass is 16.5. The summed E-state index contributed by atoms with van der Waals surface area (Å²) in [4.78, 5) is 25.7. The van der Waals surface area contributed by atoms with Crippen LogP contribution in [-0.4, -0.2) is 36.3 Å². The molecule has 0 atom stereocenters. The lowest BCUT2D eigenvalue weighted by Gasteiger charge is -2.30. The lowest BCUT2D eigenvalue weighted by atomic mass is 10.0. The van der Waals surface area contributed by atoms with Crippen molar-refractivity contribution in [2.45, 2.75) is 52.0 Å². The largest absolute Gasteiger partial charge is 0.466 e. The van der Waals surface area contributed by atoms with E-state index in [-0.39, 0.29) is 11.8 Å². The van der Waals surface area contributed by atoms with Crippen LogP contribution in [0.3, 0.4) is 0 Å². The molecule has 23 heavy (non-hydrogen) atoms. The Morgan fingerprint density at radius 3 is 2.35 bits per heavy atom. The molecule has 2 rings (SSSR count). The van der Waals surface area contributed by atoms with Crippen LogP contribution < -0.4 is 0 Å². The molecule has 0 unspecified atom stereocenters. The molecule has 1 heterocycles. The molecule has 1 aromatic rings. The Balaban J connectivity index is 1.64. The lowest BCUT2D eigenvalue weighted by Crippen LogP contribution is -2.36. The van der Waals surface area contributed by atoms with E-state index in [9.17, 15) is 9.59 Å². The van der Waals surface area contributed by atoms with Crippen LogP contribution >= 0.6 is 0 Å². The highest BCUT2D eigenvalue weighted by molar-refractivity contribution is 5.96. The number of hydrogen-bond donors (Lipinski definition) is 0. The van der Waals surface area contributed by atoms with Crippen LogP contribution in [0.5, 0.6) is 0 Å². The van der Waals surface area contributed by atoms with Crippen molar-refractivity contribution >= 4 is 11.8 Å². The van der Waals surface area contributed by atoms with Crippen LogP contribution in [0.15, 0.2) is 24.3 Å². The molecule has 1 aromatic carbocycles. The minimum Gasteiger partial charge on any atom is -0.466 e. The molecule has 4 nitrogen and oxygen atoms in total. The zero-order valence-electron chi connectivity index (χ0n) is 14.1. The number of ketones is 1. The highest BCUT2D eigenvalue weighted by Crippen LogP contribution is 2.15. The predicted octanol–water partition coefficient (Wildman–Crippen LogP) is 3.59. The maximum Gasteiger partial charge on any atom is 0.305 e. The van der Waals surface area contributed by atoms with Crippen molar-refractivity contribution in [2.24, 2.45) is 0 Å². The first-order valence-corrected chi connectivity index (χ1v) is 8.69. The van der Waals surface area contributed by atoms with Crippen molar-refractivity contribution in [3.05, 3.63) is 35.4 Å². The van der Waals surface area contributed by atoms with Crippen molar-refractivity contribution in [1.82, 2.24) is 4.90 Å². The first-order chi connectivity index (χ1) is 11.2. The number of benzene rings is 1. The van der Waals surface area contributed by atoms with Crippen molar-refractivity contribution in [1.29, 1.82) is 0 Å². The fourth-order valence-electron chi connectivity index (χ4n) is 2.70. The quantitative estimate of drug-likeness (QED) is 0.376. The van der Waals surface area contributed by atoms with Gasteiger partial charge in [-0.3, -0.25) is 14.5 Å². The summed E-state index contributed by atoms with van der Waals surface area (Å²) in [5.41, 5.74) is 2.07. The zero-order valence-corrected chi connectivity index (χ0v) is 14.1. The second-order valence-electron chi connectivity index (χ2n) is 6.12. The second kappa shape index (κ2) is 9.46. The third-order valence-corrected chi connectivity index (χ3v) is 4.22. The Hall–Kier alpha value is -1.68. The molecule has 1 aliphatic rings. The third-order valence-electron chi connectivity index (χ3n) is 4.22. The van der Waals surface area contributed by atoms with E-state index in [1.54, 1.807) is 0 Å². The normalized spacial score (nSPS) is 14.3. The molecular formula is C19H27NO3. The molecule has 1 fully saturated rings. The molecule has 4 heteroatoms. The van der Waals surface area contributed by atoms with Gasteiger partial charge in [0.25, 0.3) is 0 Å². The van der Waals surface area contributed by atoms with E-state index in [4.69, 9.17) is 4.74 Å². The summed E-state index contributed by atoms with van der Waals surface area (Å²) in [6.07, 6.45) is 4.81. The van der Waals surface area contributed by atoms with E-state index in [0.717, 1.165) is 31.4 Å². The van der Waals surface area contributed by atoms with Gasteiger partial charge in [0.05, 0.1) is 6.61 Å². The first-order valence-electron chi connectivity index (χ1n) is 8.69. The third kappa shape index (κ3) is 6.14. The number of Topliss-reactive ketones (excluding diaryl/α,β-unsaturated/α-hetero) is 1. The second-order valence-corrected chi connectivity index (χ2v) is 6.12. The van der Waals surface area contributed by atoms with Crippen molar-refractivity contribution in [3.8, 4) is 0 Å². The van der Waals surface area contributed by atoms with Crippen molar-refractivity contribution in [3.63, 3.8) is 0 Å².